The van der Waals surface area contributed by atoms with Gasteiger partial charge in [0.25, 0.3) is 11.8 Å². The number of hydrogen-bond donors (Lipinski definition) is 3. The molecular weight excluding hydrogens is 380 g/mol. The highest BCUT2D eigenvalue weighted by Crippen LogP contribution is 2.33. The maximum absolute atomic E-state index is 12.8. The summed E-state index contributed by atoms with van der Waals surface area (Å²) in [4.78, 5) is 37.6. The second-order valence-corrected chi connectivity index (χ2v) is 8.84. The Labute approximate surface area is 178 Å². The van der Waals surface area contributed by atoms with E-state index in [-0.39, 0.29) is 24.4 Å². The molecule has 1 atom stereocenters. The van der Waals surface area contributed by atoms with Crippen LogP contribution in [0.25, 0.3) is 0 Å². The van der Waals surface area contributed by atoms with Crippen molar-refractivity contribution in [3.8, 4) is 0 Å². The van der Waals surface area contributed by atoms with Crippen LogP contribution in [-0.4, -0.2) is 34.9 Å². The maximum Gasteiger partial charge on any atom is 0.344 e. The van der Waals surface area contributed by atoms with Gasteiger partial charge in [0.2, 0.25) is 0 Å². The number of nitrogens with zero attached hydrogens (tertiary/aromatic N) is 1. The van der Waals surface area contributed by atoms with Gasteiger partial charge in [0.1, 0.15) is 5.54 Å². The van der Waals surface area contributed by atoms with E-state index in [1.807, 2.05) is 0 Å². The Hall–Kier alpha value is -2.41. The minimum absolute atomic E-state index is 0.000723. The van der Waals surface area contributed by atoms with Gasteiger partial charge in [-0.3, -0.25) is 15.0 Å². The van der Waals surface area contributed by atoms with Crippen molar-refractivity contribution in [1.29, 1.82) is 0 Å². The Morgan fingerprint density at radius 2 is 1.80 bits per heavy atom. The molecule has 164 valence electrons. The van der Waals surface area contributed by atoms with E-state index in [9.17, 15) is 14.4 Å². The fourth-order valence-corrected chi connectivity index (χ4v) is 4.50. The van der Waals surface area contributed by atoms with E-state index in [1.54, 1.807) is 0 Å². The van der Waals surface area contributed by atoms with Crippen molar-refractivity contribution in [2.45, 2.75) is 77.3 Å². The van der Waals surface area contributed by atoms with Crippen LogP contribution in [0.2, 0.25) is 0 Å². The first-order chi connectivity index (χ1) is 14.4. The van der Waals surface area contributed by atoms with Gasteiger partial charge in [-0.2, -0.15) is 5.01 Å². The number of urea groups is 1. The van der Waals surface area contributed by atoms with Crippen LogP contribution in [0.4, 0.5) is 4.79 Å². The minimum Gasteiger partial charge on any atom is -0.322 e. The van der Waals surface area contributed by atoms with Crippen molar-refractivity contribution in [2.24, 2.45) is 5.92 Å². The molecule has 1 aromatic rings. The van der Waals surface area contributed by atoms with E-state index in [1.165, 1.54) is 5.56 Å². The van der Waals surface area contributed by atoms with E-state index in [4.69, 9.17) is 0 Å². The molecule has 1 aromatic carbocycles. The zero-order valence-corrected chi connectivity index (χ0v) is 18.3. The second kappa shape index (κ2) is 9.60. The third kappa shape index (κ3) is 4.83. The van der Waals surface area contributed by atoms with Gasteiger partial charge < -0.3 is 10.6 Å². The van der Waals surface area contributed by atoms with Gasteiger partial charge in [0.05, 0.1) is 6.54 Å². The van der Waals surface area contributed by atoms with E-state index in [2.05, 4.69) is 61.1 Å². The number of amides is 4. The van der Waals surface area contributed by atoms with Gasteiger partial charge in [0, 0.05) is 6.04 Å². The molecule has 7 heteroatoms. The first kappa shape index (κ1) is 22.3. The van der Waals surface area contributed by atoms with E-state index < -0.39 is 17.5 Å². The Kier molecular flexibility index (Phi) is 7.13. The molecule has 1 spiro atoms. The van der Waals surface area contributed by atoms with Crippen LogP contribution in [-0.2, 0) is 16.0 Å². The average Bonchev–Trinajstić information content (AvgIpc) is 2.94. The summed E-state index contributed by atoms with van der Waals surface area (Å²) in [5.74, 6) is -0.468. The highest BCUT2D eigenvalue weighted by atomic mass is 16.2. The Balaban J connectivity index is 1.58. The summed E-state index contributed by atoms with van der Waals surface area (Å²) in [6, 6.07) is 7.93. The summed E-state index contributed by atoms with van der Waals surface area (Å²) in [7, 11) is 0. The molecule has 1 aliphatic heterocycles. The highest BCUT2D eigenvalue weighted by molar-refractivity contribution is 6.08. The number of nitrogens with one attached hydrogen (secondary N) is 3. The third-order valence-electron chi connectivity index (χ3n) is 6.13. The Morgan fingerprint density at radius 1 is 1.13 bits per heavy atom. The summed E-state index contributed by atoms with van der Waals surface area (Å²) in [5, 5.41) is 6.94. The van der Waals surface area contributed by atoms with Gasteiger partial charge >= 0.3 is 6.03 Å². The molecule has 7 nitrogen and oxygen atoms in total. The van der Waals surface area contributed by atoms with Gasteiger partial charge in [-0.1, -0.05) is 70.7 Å². The van der Waals surface area contributed by atoms with Crippen LogP contribution in [0, 0.1) is 5.92 Å². The lowest BCUT2D eigenvalue weighted by Crippen LogP contribution is -2.52. The lowest BCUT2D eigenvalue weighted by molar-refractivity contribution is -0.139. The molecule has 0 aromatic heterocycles. The molecule has 0 unspecified atom stereocenters. The SMILES string of the molecule is CCCc1ccc([C@H](NCC(=O)NN2C(=O)NC3(CCCCC3)C2=O)C(C)C)cc1. The molecule has 1 saturated heterocycles. The molecule has 30 heavy (non-hydrogen) atoms. The Morgan fingerprint density at radius 3 is 2.40 bits per heavy atom. The summed E-state index contributed by atoms with van der Waals surface area (Å²) < 4.78 is 0. The molecule has 3 rings (SSSR count). The number of hydrogen-bond acceptors (Lipinski definition) is 4. The maximum atomic E-state index is 12.8. The van der Waals surface area contributed by atoms with Crippen molar-refractivity contribution >= 4 is 17.8 Å². The van der Waals surface area contributed by atoms with Crippen LogP contribution < -0.4 is 16.1 Å². The van der Waals surface area contributed by atoms with Crippen molar-refractivity contribution in [1.82, 2.24) is 21.1 Å². The number of imide groups is 1. The normalized spacial score (nSPS) is 19.3. The lowest BCUT2D eigenvalue weighted by Gasteiger charge is -2.30. The summed E-state index contributed by atoms with van der Waals surface area (Å²) in [6.45, 7) is 6.37. The van der Waals surface area contributed by atoms with Crippen molar-refractivity contribution < 1.29 is 14.4 Å². The minimum atomic E-state index is -0.837. The second-order valence-electron chi connectivity index (χ2n) is 8.84. The van der Waals surface area contributed by atoms with E-state index in [0.717, 1.165) is 42.7 Å². The largest absolute Gasteiger partial charge is 0.344 e. The van der Waals surface area contributed by atoms with Gasteiger partial charge in [-0.25, -0.2) is 4.79 Å². The van der Waals surface area contributed by atoms with Crippen molar-refractivity contribution in [3.63, 3.8) is 0 Å². The summed E-state index contributed by atoms with van der Waals surface area (Å²) in [5.41, 5.74) is 4.08. The lowest BCUT2D eigenvalue weighted by atomic mass is 9.82. The molecule has 0 bridgehead atoms. The average molecular weight is 415 g/mol. The van der Waals surface area contributed by atoms with Gasteiger partial charge in [-0.15, -0.1) is 0 Å². The standard InChI is InChI=1S/C23H34N4O3/c1-4-8-17-9-11-18(12-10-17)20(16(2)3)24-15-19(28)26-27-21(29)23(25-22(27)30)13-6-5-7-14-23/h9-12,16,20,24H,4-8,13-15H2,1-3H3,(H,25,30)(H,26,28)/t20-/m1/s1. The summed E-state index contributed by atoms with van der Waals surface area (Å²) in [6.07, 6.45) is 6.30. The predicted octanol–water partition coefficient (Wildman–Crippen LogP) is 3.21. The number of benzene rings is 1. The molecule has 1 saturated carbocycles. The molecule has 1 heterocycles. The van der Waals surface area contributed by atoms with Gasteiger partial charge in [0.15, 0.2) is 0 Å². The van der Waals surface area contributed by atoms with Crippen molar-refractivity contribution in [3.05, 3.63) is 35.4 Å². The monoisotopic (exact) mass is 414 g/mol. The van der Waals surface area contributed by atoms with Gasteiger partial charge in [-0.05, 0) is 36.3 Å². The highest BCUT2D eigenvalue weighted by Gasteiger charge is 2.52. The fourth-order valence-electron chi connectivity index (χ4n) is 4.50. The molecule has 1 aliphatic carbocycles. The number of rotatable bonds is 8. The first-order valence-corrected chi connectivity index (χ1v) is 11.1. The number of carbonyl (C=O) groups is 3. The topological polar surface area (TPSA) is 90.5 Å². The Bertz CT molecular complexity index is 769. The zero-order valence-electron chi connectivity index (χ0n) is 18.3. The van der Waals surface area contributed by atoms with E-state index >= 15 is 0 Å². The van der Waals surface area contributed by atoms with Crippen LogP contribution in [0.1, 0.15) is 76.5 Å². The van der Waals surface area contributed by atoms with Crippen LogP contribution in [0.15, 0.2) is 24.3 Å². The molecular formula is C23H34N4O3. The fraction of sp³-hybridized carbons (Fsp3) is 0.609. The van der Waals surface area contributed by atoms with Crippen LogP contribution >= 0.6 is 0 Å². The smallest absolute Gasteiger partial charge is 0.322 e. The molecule has 0 radical (unpaired) electrons. The first-order valence-electron chi connectivity index (χ1n) is 11.1. The third-order valence-corrected chi connectivity index (χ3v) is 6.13. The van der Waals surface area contributed by atoms with Crippen molar-refractivity contribution in [2.75, 3.05) is 6.54 Å². The number of aryl methyl sites for hydroxylation is 1. The van der Waals surface area contributed by atoms with E-state index in [0.29, 0.717) is 12.8 Å². The zero-order chi connectivity index (χ0) is 21.7. The molecule has 3 N–H and O–H groups in total. The number of hydrazine groups is 1. The number of carbonyl (C=O) groups excluding carboxylic acids is 3. The predicted molar refractivity (Wildman–Crippen MR) is 115 cm³/mol. The molecule has 2 aliphatic rings. The molecule has 4 amide bonds. The molecule has 2 fully saturated rings. The van der Waals surface area contributed by atoms with Crippen LogP contribution in [0.5, 0.6) is 0 Å². The quantitative estimate of drug-likeness (QED) is 0.570. The van der Waals surface area contributed by atoms with Crippen LogP contribution in [0.3, 0.4) is 0 Å². The summed E-state index contributed by atoms with van der Waals surface area (Å²) >= 11 is 0.